The first-order valence-corrected chi connectivity index (χ1v) is 7.66. The molecule has 114 valence electrons. The topological polar surface area (TPSA) is 69.6 Å². The number of carbonyl (C=O) groups excluding carboxylic acids is 1. The monoisotopic (exact) mass is 282 g/mol. The average molecular weight is 282 g/mol. The van der Waals surface area contributed by atoms with Gasteiger partial charge < -0.3 is 15.3 Å². The van der Waals surface area contributed by atoms with Gasteiger partial charge in [-0.3, -0.25) is 4.79 Å². The average Bonchev–Trinajstić information content (AvgIpc) is 2.76. The van der Waals surface area contributed by atoms with E-state index in [0.717, 1.165) is 25.2 Å². The minimum absolute atomic E-state index is 0.0311. The number of aliphatic carboxylic acids is 1. The molecule has 1 heterocycles. The van der Waals surface area contributed by atoms with Crippen molar-refractivity contribution in [2.75, 3.05) is 13.1 Å². The first-order valence-electron chi connectivity index (χ1n) is 7.66. The molecule has 2 amide bonds. The molecule has 0 radical (unpaired) electrons. The number of nitrogens with one attached hydrogen (secondary N) is 1. The fourth-order valence-electron chi connectivity index (χ4n) is 3.40. The van der Waals surface area contributed by atoms with Crippen molar-refractivity contribution in [1.82, 2.24) is 10.2 Å². The summed E-state index contributed by atoms with van der Waals surface area (Å²) in [4.78, 5) is 25.0. The van der Waals surface area contributed by atoms with Gasteiger partial charge in [0, 0.05) is 19.1 Å². The van der Waals surface area contributed by atoms with E-state index in [1.54, 1.807) is 4.90 Å². The molecule has 2 rings (SSSR count). The van der Waals surface area contributed by atoms with E-state index < -0.39 is 11.9 Å². The van der Waals surface area contributed by atoms with Crippen LogP contribution in [0.4, 0.5) is 4.79 Å². The van der Waals surface area contributed by atoms with Gasteiger partial charge in [0.25, 0.3) is 0 Å². The van der Waals surface area contributed by atoms with Crippen LogP contribution in [0.3, 0.4) is 0 Å². The summed E-state index contributed by atoms with van der Waals surface area (Å²) >= 11 is 0. The Balaban J connectivity index is 1.85. The molecule has 5 atom stereocenters. The van der Waals surface area contributed by atoms with Gasteiger partial charge >= 0.3 is 12.0 Å². The van der Waals surface area contributed by atoms with Gasteiger partial charge in [-0.15, -0.1) is 0 Å². The molecule has 1 aliphatic heterocycles. The number of hydrogen-bond acceptors (Lipinski definition) is 2. The standard InChI is InChI=1S/C15H26N2O3/c1-9-4-5-12(6-10(9)2)16-15(20)17-7-11(3)13(8-17)14(18)19/h9-13H,4-8H2,1-3H3,(H,16,20)(H,18,19). The van der Waals surface area contributed by atoms with Gasteiger partial charge in [-0.05, 0) is 37.0 Å². The van der Waals surface area contributed by atoms with Crippen molar-refractivity contribution in [2.45, 2.75) is 46.1 Å². The lowest BCUT2D eigenvalue weighted by molar-refractivity contribution is -0.142. The summed E-state index contributed by atoms with van der Waals surface area (Å²) < 4.78 is 0. The number of rotatable bonds is 2. The van der Waals surface area contributed by atoms with Crippen LogP contribution in [-0.2, 0) is 4.79 Å². The van der Waals surface area contributed by atoms with E-state index in [-0.39, 0.29) is 18.0 Å². The number of urea groups is 1. The third kappa shape index (κ3) is 3.25. The van der Waals surface area contributed by atoms with Gasteiger partial charge in [0.2, 0.25) is 0 Å². The van der Waals surface area contributed by atoms with Gasteiger partial charge in [-0.25, -0.2) is 4.79 Å². The second-order valence-corrected chi connectivity index (χ2v) is 6.74. The summed E-state index contributed by atoms with van der Waals surface area (Å²) in [5.41, 5.74) is 0. The summed E-state index contributed by atoms with van der Waals surface area (Å²) in [5, 5.41) is 12.2. The Labute approximate surface area is 120 Å². The number of carboxylic acid groups (broad SMARTS) is 1. The first kappa shape index (κ1) is 15.1. The van der Waals surface area contributed by atoms with Gasteiger partial charge in [0.1, 0.15) is 0 Å². The van der Waals surface area contributed by atoms with E-state index >= 15 is 0 Å². The van der Waals surface area contributed by atoms with Gasteiger partial charge in [-0.2, -0.15) is 0 Å². The maximum absolute atomic E-state index is 12.2. The van der Waals surface area contributed by atoms with Crippen molar-refractivity contribution in [3.63, 3.8) is 0 Å². The highest BCUT2D eigenvalue weighted by atomic mass is 16.4. The number of hydrogen-bond donors (Lipinski definition) is 2. The molecule has 1 saturated carbocycles. The van der Waals surface area contributed by atoms with E-state index in [1.807, 2.05) is 6.92 Å². The molecule has 0 bridgehead atoms. The van der Waals surface area contributed by atoms with Crippen LogP contribution < -0.4 is 5.32 Å². The van der Waals surface area contributed by atoms with E-state index in [4.69, 9.17) is 5.11 Å². The van der Waals surface area contributed by atoms with Crippen LogP contribution in [0.25, 0.3) is 0 Å². The fraction of sp³-hybridized carbons (Fsp3) is 0.867. The molecule has 1 saturated heterocycles. The van der Waals surface area contributed by atoms with Crippen LogP contribution in [0.5, 0.6) is 0 Å². The number of amides is 2. The van der Waals surface area contributed by atoms with Crippen LogP contribution in [0.2, 0.25) is 0 Å². The van der Waals surface area contributed by atoms with E-state index in [1.165, 1.54) is 0 Å². The van der Waals surface area contributed by atoms with Crippen molar-refractivity contribution in [1.29, 1.82) is 0 Å². The quantitative estimate of drug-likeness (QED) is 0.815. The normalized spacial score (nSPS) is 37.8. The summed E-state index contributed by atoms with van der Waals surface area (Å²) in [6, 6.07) is 0.153. The van der Waals surface area contributed by atoms with E-state index in [9.17, 15) is 9.59 Å². The molecule has 5 unspecified atom stereocenters. The molecule has 2 aliphatic rings. The van der Waals surface area contributed by atoms with Crippen LogP contribution in [0.15, 0.2) is 0 Å². The number of carbonyl (C=O) groups is 2. The Hall–Kier alpha value is -1.26. The Kier molecular flexibility index (Phi) is 4.55. The lowest BCUT2D eigenvalue weighted by atomic mass is 9.79. The number of nitrogens with zero attached hydrogens (tertiary/aromatic N) is 1. The van der Waals surface area contributed by atoms with Gasteiger partial charge in [-0.1, -0.05) is 20.8 Å². The van der Waals surface area contributed by atoms with E-state index in [0.29, 0.717) is 19.0 Å². The molecule has 20 heavy (non-hydrogen) atoms. The van der Waals surface area contributed by atoms with Gasteiger partial charge in [0.15, 0.2) is 0 Å². The maximum Gasteiger partial charge on any atom is 0.317 e. The molecule has 0 aromatic heterocycles. The van der Waals surface area contributed by atoms with Crippen LogP contribution in [0, 0.1) is 23.7 Å². The lowest BCUT2D eigenvalue weighted by Gasteiger charge is -2.33. The van der Waals surface area contributed by atoms with Crippen molar-refractivity contribution in [2.24, 2.45) is 23.7 Å². The zero-order valence-corrected chi connectivity index (χ0v) is 12.6. The molecule has 5 heteroatoms. The summed E-state index contributed by atoms with van der Waals surface area (Å²) in [6.45, 7) is 7.28. The Morgan fingerprint density at radius 2 is 1.75 bits per heavy atom. The summed E-state index contributed by atoms with van der Waals surface area (Å²) in [5.74, 6) is 0.173. The van der Waals surface area contributed by atoms with Crippen molar-refractivity contribution in [3.8, 4) is 0 Å². The minimum atomic E-state index is -0.798. The van der Waals surface area contributed by atoms with Crippen LogP contribution in [0.1, 0.15) is 40.0 Å². The third-order valence-electron chi connectivity index (χ3n) is 5.14. The maximum atomic E-state index is 12.2. The largest absolute Gasteiger partial charge is 0.481 e. The molecule has 0 aromatic rings. The predicted molar refractivity (Wildman–Crippen MR) is 76.4 cm³/mol. The lowest BCUT2D eigenvalue weighted by Crippen LogP contribution is -2.46. The molecule has 2 N–H and O–H groups in total. The van der Waals surface area contributed by atoms with Crippen molar-refractivity contribution >= 4 is 12.0 Å². The Morgan fingerprint density at radius 3 is 2.30 bits per heavy atom. The zero-order valence-electron chi connectivity index (χ0n) is 12.6. The minimum Gasteiger partial charge on any atom is -0.481 e. The van der Waals surface area contributed by atoms with Crippen molar-refractivity contribution < 1.29 is 14.7 Å². The number of carboxylic acids is 1. The van der Waals surface area contributed by atoms with Crippen LogP contribution >= 0.6 is 0 Å². The van der Waals surface area contributed by atoms with Crippen LogP contribution in [-0.4, -0.2) is 41.1 Å². The van der Waals surface area contributed by atoms with E-state index in [2.05, 4.69) is 19.2 Å². The molecule has 0 spiro atoms. The molecular formula is C15H26N2O3. The Morgan fingerprint density at radius 1 is 1.05 bits per heavy atom. The molecule has 0 aromatic carbocycles. The molecule has 5 nitrogen and oxygen atoms in total. The molecule has 1 aliphatic carbocycles. The summed E-state index contributed by atoms with van der Waals surface area (Å²) in [6.07, 6.45) is 3.21. The summed E-state index contributed by atoms with van der Waals surface area (Å²) in [7, 11) is 0. The second-order valence-electron chi connectivity index (χ2n) is 6.74. The molecule has 2 fully saturated rings. The highest BCUT2D eigenvalue weighted by Crippen LogP contribution is 2.30. The zero-order chi connectivity index (χ0) is 14.9. The Bertz CT molecular complexity index is 385. The van der Waals surface area contributed by atoms with Crippen molar-refractivity contribution in [3.05, 3.63) is 0 Å². The fourth-order valence-corrected chi connectivity index (χ4v) is 3.40. The third-order valence-corrected chi connectivity index (χ3v) is 5.14. The number of likely N-dealkylation sites (tertiary alicyclic amines) is 1. The van der Waals surface area contributed by atoms with Gasteiger partial charge in [0.05, 0.1) is 5.92 Å². The SMILES string of the molecule is CC1CCC(NC(=O)N2CC(C)C(C(=O)O)C2)CC1C. The molecular weight excluding hydrogens is 256 g/mol. The second kappa shape index (κ2) is 6.02. The highest BCUT2D eigenvalue weighted by molar-refractivity contribution is 5.77. The smallest absolute Gasteiger partial charge is 0.317 e. The predicted octanol–water partition coefficient (Wildman–Crippen LogP) is 2.17. The highest BCUT2D eigenvalue weighted by Gasteiger charge is 2.37. The first-order chi connectivity index (χ1) is 9.38.